The number of sulfonamides is 1. The zero-order chi connectivity index (χ0) is 17.9. The van der Waals surface area contributed by atoms with E-state index in [0.717, 1.165) is 11.1 Å². The smallest absolute Gasteiger partial charge is 0.245 e. The van der Waals surface area contributed by atoms with Gasteiger partial charge in [-0.2, -0.15) is 4.31 Å². The van der Waals surface area contributed by atoms with Gasteiger partial charge < -0.3 is 10.5 Å². The minimum absolute atomic E-state index is 0.231. The summed E-state index contributed by atoms with van der Waals surface area (Å²) in [5.74, 6) is 0. The van der Waals surface area contributed by atoms with Gasteiger partial charge in [0.1, 0.15) is 6.23 Å². The van der Waals surface area contributed by atoms with E-state index in [-0.39, 0.29) is 6.04 Å². The van der Waals surface area contributed by atoms with Gasteiger partial charge in [-0.15, -0.1) is 0 Å². The molecule has 0 aliphatic carbocycles. The summed E-state index contributed by atoms with van der Waals surface area (Å²) in [6, 6.07) is 16.6. The molecule has 2 aromatic carbocycles. The lowest BCUT2D eigenvalue weighted by molar-refractivity contribution is 0.0633. The van der Waals surface area contributed by atoms with E-state index in [1.807, 2.05) is 49.4 Å². The summed E-state index contributed by atoms with van der Waals surface area (Å²) in [4.78, 5) is 0.295. The van der Waals surface area contributed by atoms with Gasteiger partial charge in [0, 0.05) is 6.42 Å². The van der Waals surface area contributed by atoms with Crippen molar-refractivity contribution in [1.82, 2.24) is 4.31 Å². The molecule has 0 amide bonds. The number of nitrogens with zero attached hydrogens (tertiary/aromatic N) is 1. The van der Waals surface area contributed by atoms with Gasteiger partial charge in [-0.05, 0) is 37.6 Å². The molecule has 25 heavy (non-hydrogen) atoms. The van der Waals surface area contributed by atoms with Gasteiger partial charge in [-0.3, -0.25) is 0 Å². The maximum atomic E-state index is 13.2. The van der Waals surface area contributed by atoms with E-state index in [2.05, 4.69) is 0 Å². The van der Waals surface area contributed by atoms with Gasteiger partial charge >= 0.3 is 0 Å². The number of ether oxygens (including phenoxy) is 1. The highest BCUT2D eigenvalue weighted by atomic mass is 32.2. The molecule has 0 spiro atoms. The third kappa shape index (κ3) is 3.93. The number of aryl methyl sites for hydroxylation is 1. The summed E-state index contributed by atoms with van der Waals surface area (Å²) in [7, 11) is -3.64. The zero-order valence-corrected chi connectivity index (χ0v) is 15.2. The molecular formula is C19H24N2O3S. The van der Waals surface area contributed by atoms with E-state index in [4.69, 9.17) is 10.5 Å². The van der Waals surface area contributed by atoms with E-state index in [9.17, 15) is 8.42 Å². The van der Waals surface area contributed by atoms with Crippen molar-refractivity contribution in [2.75, 3.05) is 13.2 Å². The van der Waals surface area contributed by atoms with Gasteiger partial charge in [-0.25, -0.2) is 8.42 Å². The Morgan fingerprint density at radius 2 is 1.80 bits per heavy atom. The lowest BCUT2D eigenvalue weighted by Gasteiger charge is -2.27. The summed E-state index contributed by atoms with van der Waals surface area (Å²) in [5.41, 5.74) is 7.78. The number of nitrogens with two attached hydrogens (primary N) is 1. The number of hydrogen-bond acceptors (Lipinski definition) is 4. The Balaban J connectivity index is 1.92. The van der Waals surface area contributed by atoms with Crippen LogP contribution in [-0.2, 0) is 21.2 Å². The third-order valence-electron chi connectivity index (χ3n) is 4.45. The van der Waals surface area contributed by atoms with Crippen LogP contribution in [0.15, 0.2) is 59.5 Å². The van der Waals surface area contributed by atoms with Crippen LogP contribution in [0.4, 0.5) is 0 Å². The van der Waals surface area contributed by atoms with Crippen molar-refractivity contribution in [1.29, 1.82) is 0 Å². The fourth-order valence-corrected chi connectivity index (χ4v) is 4.90. The van der Waals surface area contributed by atoms with Gasteiger partial charge in [0.15, 0.2) is 0 Å². The quantitative estimate of drug-likeness (QED) is 0.858. The number of benzene rings is 2. The minimum Gasteiger partial charge on any atom is -0.360 e. The second-order valence-electron chi connectivity index (χ2n) is 6.36. The maximum Gasteiger partial charge on any atom is 0.245 e. The van der Waals surface area contributed by atoms with Crippen molar-refractivity contribution < 1.29 is 13.2 Å². The molecule has 0 aromatic heterocycles. The van der Waals surface area contributed by atoms with Crippen LogP contribution in [0.3, 0.4) is 0 Å². The van der Waals surface area contributed by atoms with Crippen molar-refractivity contribution >= 4 is 10.0 Å². The molecule has 2 atom stereocenters. The number of rotatable bonds is 6. The standard InChI is InChI=1S/C19H24N2O3S/c1-15-7-9-18(10-8-15)25(22,23)21-17(14-24-19(21)11-12-20)13-16-5-3-2-4-6-16/h2-10,17,19H,11-14,20H2,1H3/t17-,19+/m1/s1. The molecular weight excluding hydrogens is 336 g/mol. The summed E-state index contributed by atoms with van der Waals surface area (Å²) in [6.07, 6.45) is 0.591. The van der Waals surface area contributed by atoms with Crippen molar-refractivity contribution in [2.45, 2.75) is 36.9 Å². The molecule has 134 valence electrons. The van der Waals surface area contributed by atoms with Gasteiger partial charge in [0.05, 0.1) is 17.5 Å². The van der Waals surface area contributed by atoms with E-state index in [1.165, 1.54) is 4.31 Å². The van der Waals surface area contributed by atoms with Crippen molar-refractivity contribution in [3.63, 3.8) is 0 Å². The lowest BCUT2D eigenvalue weighted by Crippen LogP contribution is -2.43. The first-order valence-electron chi connectivity index (χ1n) is 8.48. The van der Waals surface area contributed by atoms with Crippen LogP contribution in [0.2, 0.25) is 0 Å². The molecule has 3 rings (SSSR count). The van der Waals surface area contributed by atoms with Gasteiger partial charge in [0.2, 0.25) is 10.0 Å². The highest BCUT2D eigenvalue weighted by Gasteiger charge is 2.42. The van der Waals surface area contributed by atoms with Crippen LogP contribution in [0.1, 0.15) is 17.5 Å². The molecule has 2 aromatic rings. The Bertz CT molecular complexity index is 791. The molecule has 1 aliphatic heterocycles. The van der Waals surface area contributed by atoms with Gasteiger partial charge in [0.25, 0.3) is 0 Å². The first-order valence-corrected chi connectivity index (χ1v) is 9.92. The Kier molecular flexibility index (Phi) is 5.54. The SMILES string of the molecule is Cc1ccc(S(=O)(=O)N2[C@H](Cc3ccccc3)CO[C@H]2CCN)cc1. The average Bonchev–Trinajstić information content (AvgIpc) is 3.00. The van der Waals surface area contributed by atoms with Crippen LogP contribution >= 0.6 is 0 Å². The fraction of sp³-hybridized carbons (Fsp3) is 0.368. The monoisotopic (exact) mass is 360 g/mol. The van der Waals surface area contributed by atoms with E-state index in [0.29, 0.717) is 30.9 Å². The zero-order valence-electron chi connectivity index (χ0n) is 14.3. The van der Waals surface area contributed by atoms with Crippen LogP contribution in [0.25, 0.3) is 0 Å². The van der Waals surface area contributed by atoms with Gasteiger partial charge in [-0.1, -0.05) is 48.0 Å². The normalized spacial score (nSPS) is 21.5. The number of hydrogen-bond donors (Lipinski definition) is 1. The van der Waals surface area contributed by atoms with E-state index in [1.54, 1.807) is 12.1 Å². The highest BCUT2D eigenvalue weighted by Crippen LogP contribution is 2.30. The molecule has 5 nitrogen and oxygen atoms in total. The first-order chi connectivity index (χ1) is 12.0. The summed E-state index contributed by atoms with van der Waals surface area (Å²) in [6.45, 7) is 2.69. The average molecular weight is 360 g/mol. The lowest BCUT2D eigenvalue weighted by atomic mass is 10.1. The molecule has 6 heteroatoms. The molecule has 0 saturated carbocycles. The van der Waals surface area contributed by atoms with Crippen molar-refractivity contribution in [3.8, 4) is 0 Å². The Labute approximate surface area is 149 Å². The Morgan fingerprint density at radius 3 is 2.44 bits per heavy atom. The van der Waals surface area contributed by atoms with Crippen LogP contribution in [0, 0.1) is 6.92 Å². The predicted molar refractivity (Wildman–Crippen MR) is 97.5 cm³/mol. The Morgan fingerprint density at radius 1 is 1.12 bits per heavy atom. The maximum absolute atomic E-state index is 13.2. The topological polar surface area (TPSA) is 72.6 Å². The molecule has 1 heterocycles. The molecule has 1 aliphatic rings. The molecule has 1 saturated heterocycles. The van der Waals surface area contributed by atoms with Crippen LogP contribution in [0.5, 0.6) is 0 Å². The van der Waals surface area contributed by atoms with Crippen LogP contribution in [-0.4, -0.2) is 38.1 Å². The third-order valence-corrected chi connectivity index (χ3v) is 6.41. The second kappa shape index (κ2) is 7.66. The Hall–Kier alpha value is -1.73. The second-order valence-corrected chi connectivity index (χ2v) is 8.20. The largest absolute Gasteiger partial charge is 0.360 e. The summed E-state index contributed by atoms with van der Waals surface area (Å²) in [5, 5.41) is 0. The minimum atomic E-state index is -3.64. The molecule has 1 fully saturated rings. The molecule has 0 bridgehead atoms. The van der Waals surface area contributed by atoms with E-state index < -0.39 is 16.3 Å². The van der Waals surface area contributed by atoms with Crippen molar-refractivity contribution in [2.24, 2.45) is 5.73 Å². The fourth-order valence-electron chi connectivity index (χ4n) is 3.18. The van der Waals surface area contributed by atoms with E-state index >= 15 is 0 Å². The predicted octanol–water partition coefficient (Wildman–Crippen LogP) is 2.30. The van der Waals surface area contributed by atoms with Crippen molar-refractivity contribution in [3.05, 3.63) is 65.7 Å². The van der Waals surface area contributed by atoms with Crippen LogP contribution < -0.4 is 5.73 Å². The first kappa shape index (κ1) is 18.1. The summed E-state index contributed by atoms with van der Waals surface area (Å²) < 4.78 is 33.8. The summed E-state index contributed by atoms with van der Waals surface area (Å²) >= 11 is 0. The molecule has 0 unspecified atom stereocenters. The molecule has 2 N–H and O–H groups in total. The highest BCUT2D eigenvalue weighted by molar-refractivity contribution is 7.89. The molecule has 0 radical (unpaired) electrons.